The van der Waals surface area contributed by atoms with Gasteiger partial charge >= 0.3 is 11.5 Å². The molecule has 0 aliphatic carbocycles. The molecule has 6 nitrogen and oxygen atoms in total. The third-order valence-corrected chi connectivity index (χ3v) is 3.39. The van der Waals surface area contributed by atoms with Crippen molar-refractivity contribution in [3.63, 3.8) is 0 Å². The minimum Gasteiger partial charge on any atom is -0.478 e. The van der Waals surface area contributed by atoms with Gasteiger partial charge in [0.05, 0.1) is 10.0 Å². The summed E-state index contributed by atoms with van der Waals surface area (Å²) in [5, 5.41) is 8.98. The number of benzene rings is 1. The molecule has 1 aromatic carbocycles. The topological polar surface area (TPSA) is 81.4 Å². The second-order valence-corrected chi connectivity index (χ2v) is 5.14. The highest BCUT2D eigenvalue weighted by molar-refractivity contribution is 9.10. The zero-order valence-electron chi connectivity index (χ0n) is 11.2. The number of halogens is 1. The lowest BCUT2D eigenvalue weighted by atomic mass is 10.2. The molecule has 1 aromatic heterocycles. The molecule has 0 aliphatic heterocycles. The molecule has 0 bridgehead atoms. The molecular weight excluding hydrogens is 340 g/mol. The van der Waals surface area contributed by atoms with Crippen LogP contribution in [0, 0.1) is 0 Å². The van der Waals surface area contributed by atoms with Gasteiger partial charge in [-0.2, -0.15) is 0 Å². The first-order chi connectivity index (χ1) is 10.0. The zero-order chi connectivity index (χ0) is 15.4. The number of carbonyl (C=O) groups is 1. The molecule has 0 fully saturated rings. The molecule has 0 unspecified atom stereocenters. The van der Waals surface area contributed by atoms with Gasteiger partial charge in [0.2, 0.25) is 0 Å². The van der Waals surface area contributed by atoms with E-state index in [1.54, 1.807) is 12.3 Å². The number of carboxylic acids is 1. The zero-order valence-corrected chi connectivity index (χ0v) is 12.8. The van der Waals surface area contributed by atoms with Gasteiger partial charge in [-0.25, -0.2) is 9.78 Å². The Morgan fingerprint density at radius 1 is 1.48 bits per heavy atom. The van der Waals surface area contributed by atoms with E-state index in [9.17, 15) is 9.59 Å². The van der Waals surface area contributed by atoms with Crippen molar-refractivity contribution in [1.82, 2.24) is 9.55 Å². The molecule has 0 aliphatic rings. The van der Waals surface area contributed by atoms with Crippen LogP contribution in [0.1, 0.15) is 23.7 Å². The molecule has 7 heteroatoms. The summed E-state index contributed by atoms with van der Waals surface area (Å²) < 4.78 is 7.50. The fraction of sp³-hybridized carbons (Fsp3) is 0.214. The first-order valence-electron chi connectivity index (χ1n) is 6.29. The molecule has 0 amide bonds. The maximum atomic E-state index is 12.1. The summed E-state index contributed by atoms with van der Waals surface area (Å²) in [6, 6.07) is 4.32. The van der Waals surface area contributed by atoms with Crippen molar-refractivity contribution in [3.8, 4) is 11.6 Å². The minimum atomic E-state index is -1.07. The van der Waals surface area contributed by atoms with E-state index < -0.39 is 5.97 Å². The third-order valence-electron chi connectivity index (χ3n) is 2.73. The summed E-state index contributed by atoms with van der Waals surface area (Å²) in [4.78, 5) is 27.0. The number of nitrogens with zero attached hydrogens (tertiary/aromatic N) is 2. The lowest BCUT2D eigenvalue weighted by Gasteiger charge is -2.09. The second-order valence-electron chi connectivity index (χ2n) is 4.28. The molecule has 2 rings (SSSR count). The second kappa shape index (κ2) is 6.53. The van der Waals surface area contributed by atoms with Gasteiger partial charge in [-0.05, 0) is 40.5 Å². The minimum absolute atomic E-state index is 0.0676. The van der Waals surface area contributed by atoms with Crippen molar-refractivity contribution < 1.29 is 14.6 Å². The van der Waals surface area contributed by atoms with E-state index in [0.717, 1.165) is 6.42 Å². The summed E-state index contributed by atoms with van der Waals surface area (Å²) in [7, 11) is 0. The van der Waals surface area contributed by atoms with Gasteiger partial charge in [0.15, 0.2) is 0 Å². The Morgan fingerprint density at radius 3 is 2.90 bits per heavy atom. The normalized spacial score (nSPS) is 10.4. The fourth-order valence-corrected chi connectivity index (χ4v) is 2.06. The van der Waals surface area contributed by atoms with E-state index in [1.807, 2.05) is 6.92 Å². The van der Waals surface area contributed by atoms with Crippen LogP contribution >= 0.6 is 15.9 Å². The van der Waals surface area contributed by atoms with Gasteiger partial charge < -0.3 is 14.4 Å². The summed E-state index contributed by atoms with van der Waals surface area (Å²) in [5.74, 6) is -0.931. The highest BCUT2D eigenvalue weighted by Crippen LogP contribution is 2.28. The molecule has 0 radical (unpaired) electrons. The Bertz CT molecular complexity index is 727. The molecule has 0 spiro atoms. The number of aromatic nitrogens is 2. The highest BCUT2D eigenvalue weighted by atomic mass is 79.9. The number of hydrogen-bond acceptors (Lipinski definition) is 4. The average molecular weight is 353 g/mol. The van der Waals surface area contributed by atoms with Crippen LogP contribution in [0.4, 0.5) is 0 Å². The lowest BCUT2D eigenvalue weighted by molar-refractivity contribution is 0.0696. The summed E-state index contributed by atoms with van der Waals surface area (Å²) in [6.07, 6.45) is 3.87. The Balaban J connectivity index is 2.38. The fourth-order valence-electron chi connectivity index (χ4n) is 1.73. The van der Waals surface area contributed by atoms with Crippen LogP contribution in [0.25, 0.3) is 0 Å². The molecule has 1 heterocycles. The van der Waals surface area contributed by atoms with Crippen molar-refractivity contribution >= 4 is 21.9 Å². The van der Waals surface area contributed by atoms with E-state index in [1.165, 1.54) is 22.9 Å². The highest BCUT2D eigenvalue weighted by Gasteiger charge is 2.12. The van der Waals surface area contributed by atoms with Gasteiger partial charge in [-0.15, -0.1) is 0 Å². The predicted molar refractivity (Wildman–Crippen MR) is 80.0 cm³/mol. The SMILES string of the molecule is CCCn1ccnc(Oc2cc(C(=O)O)ccc2Br)c1=O. The third kappa shape index (κ3) is 3.49. The van der Waals surface area contributed by atoms with Crippen LogP contribution in [-0.2, 0) is 6.54 Å². The monoisotopic (exact) mass is 352 g/mol. The van der Waals surface area contributed by atoms with Crippen LogP contribution in [0.15, 0.2) is 39.9 Å². The Labute approximate surface area is 129 Å². The van der Waals surface area contributed by atoms with Crippen molar-refractivity contribution in [2.24, 2.45) is 0 Å². The Kier molecular flexibility index (Phi) is 4.74. The van der Waals surface area contributed by atoms with Gasteiger partial charge in [0.1, 0.15) is 5.75 Å². The first-order valence-corrected chi connectivity index (χ1v) is 7.08. The molecule has 1 N–H and O–H groups in total. The van der Waals surface area contributed by atoms with E-state index in [-0.39, 0.29) is 22.8 Å². The van der Waals surface area contributed by atoms with E-state index >= 15 is 0 Å². The summed E-state index contributed by atoms with van der Waals surface area (Å²) in [5.41, 5.74) is -0.287. The maximum Gasteiger partial charge on any atom is 0.335 e. The standard InChI is InChI=1S/C14H13BrN2O4/c1-2-6-17-7-5-16-12(13(17)18)21-11-8-9(14(19)20)3-4-10(11)15/h3-5,7-8H,2,6H2,1H3,(H,19,20). The van der Waals surface area contributed by atoms with E-state index in [2.05, 4.69) is 20.9 Å². The van der Waals surface area contributed by atoms with Gasteiger partial charge in [-0.1, -0.05) is 6.92 Å². The van der Waals surface area contributed by atoms with Crippen molar-refractivity contribution in [2.75, 3.05) is 0 Å². The quantitative estimate of drug-likeness (QED) is 0.894. The van der Waals surface area contributed by atoms with Crippen LogP contribution in [-0.4, -0.2) is 20.6 Å². The molecule has 0 saturated carbocycles. The van der Waals surface area contributed by atoms with E-state index in [4.69, 9.17) is 9.84 Å². The van der Waals surface area contributed by atoms with Gasteiger partial charge in [0, 0.05) is 18.9 Å². The number of aryl methyl sites for hydroxylation is 1. The number of carboxylic acid groups (broad SMARTS) is 1. The molecular formula is C14H13BrN2O4. The smallest absolute Gasteiger partial charge is 0.335 e. The Hall–Kier alpha value is -2.15. The van der Waals surface area contributed by atoms with Crippen LogP contribution < -0.4 is 10.3 Å². The number of hydrogen-bond donors (Lipinski definition) is 1. The maximum absolute atomic E-state index is 12.1. The van der Waals surface area contributed by atoms with Crippen LogP contribution in [0.5, 0.6) is 11.6 Å². The van der Waals surface area contributed by atoms with Crippen molar-refractivity contribution in [3.05, 3.63) is 51.0 Å². The molecule has 110 valence electrons. The first kappa shape index (κ1) is 15.2. The summed E-state index contributed by atoms with van der Waals surface area (Å²) >= 11 is 3.26. The summed E-state index contributed by atoms with van der Waals surface area (Å²) in [6.45, 7) is 2.52. The molecule has 0 atom stereocenters. The van der Waals surface area contributed by atoms with Crippen LogP contribution in [0.2, 0.25) is 0 Å². The van der Waals surface area contributed by atoms with Crippen LogP contribution in [0.3, 0.4) is 0 Å². The Morgan fingerprint density at radius 2 is 2.24 bits per heavy atom. The predicted octanol–water partition coefficient (Wildman–Crippen LogP) is 2.91. The van der Waals surface area contributed by atoms with Crippen molar-refractivity contribution in [2.45, 2.75) is 19.9 Å². The number of ether oxygens (including phenoxy) is 1. The largest absolute Gasteiger partial charge is 0.478 e. The van der Waals surface area contributed by atoms with Crippen molar-refractivity contribution in [1.29, 1.82) is 0 Å². The van der Waals surface area contributed by atoms with Gasteiger partial charge in [0.25, 0.3) is 5.88 Å². The number of aromatic carboxylic acids is 1. The number of rotatable bonds is 5. The average Bonchev–Trinajstić information content (AvgIpc) is 2.45. The van der Waals surface area contributed by atoms with E-state index in [0.29, 0.717) is 11.0 Å². The lowest BCUT2D eigenvalue weighted by Crippen LogP contribution is -2.21. The molecule has 21 heavy (non-hydrogen) atoms. The van der Waals surface area contributed by atoms with Gasteiger partial charge in [-0.3, -0.25) is 4.79 Å². The molecule has 0 saturated heterocycles. The molecule has 2 aromatic rings.